The number of carbonyl (C=O) groups is 1. The molecule has 0 saturated carbocycles. The largest absolute Gasteiger partial charge is 0.460 e. The van der Waals surface area contributed by atoms with Crippen molar-refractivity contribution >= 4 is 27.0 Å². The Labute approximate surface area is 193 Å². The lowest BCUT2D eigenvalue weighted by Crippen LogP contribution is -2.34. The van der Waals surface area contributed by atoms with E-state index in [1.165, 1.54) is 12.1 Å². The van der Waals surface area contributed by atoms with Gasteiger partial charge in [-0.15, -0.1) is 0 Å². The minimum Gasteiger partial charge on any atom is -0.460 e. The van der Waals surface area contributed by atoms with Crippen molar-refractivity contribution in [2.75, 3.05) is 0 Å². The van der Waals surface area contributed by atoms with Crippen LogP contribution in [0.3, 0.4) is 0 Å². The van der Waals surface area contributed by atoms with Gasteiger partial charge < -0.3 is 15.5 Å². The van der Waals surface area contributed by atoms with Crippen molar-refractivity contribution in [1.29, 1.82) is 0 Å². The van der Waals surface area contributed by atoms with Crippen molar-refractivity contribution in [2.45, 2.75) is 30.9 Å². The van der Waals surface area contributed by atoms with E-state index in [1.54, 1.807) is 12.1 Å². The first kappa shape index (κ1) is 24.2. The monoisotopic (exact) mass is 466 g/mol. The Morgan fingerprint density at radius 1 is 1.00 bits per heavy atom. The van der Waals surface area contributed by atoms with Crippen LogP contribution < -0.4 is 5.73 Å². The van der Waals surface area contributed by atoms with Crippen molar-refractivity contribution in [3.05, 3.63) is 102 Å². The fraction of sp³-hybridized carbons (Fsp3) is 0.160. The van der Waals surface area contributed by atoms with Gasteiger partial charge in [-0.1, -0.05) is 66.2 Å². The van der Waals surface area contributed by atoms with Crippen LogP contribution in [0.2, 0.25) is 0 Å². The number of aromatic amines is 1. The fourth-order valence-electron chi connectivity index (χ4n) is 3.17. The van der Waals surface area contributed by atoms with Crippen LogP contribution in [0.25, 0.3) is 10.9 Å². The molecular formula is C25H26N2O5S. The first-order valence-electron chi connectivity index (χ1n) is 10.3. The third kappa shape index (κ3) is 7.01. The lowest BCUT2D eigenvalue weighted by atomic mass is 10.1. The van der Waals surface area contributed by atoms with E-state index in [4.69, 9.17) is 15.0 Å². The summed E-state index contributed by atoms with van der Waals surface area (Å²) in [6.07, 6.45) is 2.35. The van der Waals surface area contributed by atoms with Crippen LogP contribution in [0.4, 0.5) is 0 Å². The zero-order valence-electron chi connectivity index (χ0n) is 18.1. The van der Waals surface area contributed by atoms with Crippen LogP contribution in [0, 0.1) is 6.92 Å². The third-order valence-electron chi connectivity index (χ3n) is 4.96. The molecule has 0 fully saturated rings. The topological polar surface area (TPSA) is 122 Å². The van der Waals surface area contributed by atoms with Crippen molar-refractivity contribution in [3.63, 3.8) is 0 Å². The molecule has 1 aromatic heterocycles. The zero-order valence-corrected chi connectivity index (χ0v) is 19.0. The molecule has 0 saturated heterocycles. The summed E-state index contributed by atoms with van der Waals surface area (Å²) in [7, 11) is -4.02. The summed E-state index contributed by atoms with van der Waals surface area (Å²) in [5, 5.41) is 1.09. The highest BCUT2D eigenvalue weighted by Gasteiger charge is 2.17. The van der Waals surface area contributed by atoms with E-state index in [9.17, 15) is 13.2 Å². The molecule has 4 aromatic rings. The number of carbonyl (C=O) groups excluding carboxylic acids is 1. The molecule has 0 radical (unpaired) electrons. The van der Waals surface area contributed by atoms with Gasteiger partial charge in [0.1, 0.15) is 12.6 Å². The summed E-state index contributed by atoms with van der Waals surface area (Å²) in [6, 6.07) is 22.9. The minimum atomic E-state index is -4.02. The van der Waals surface area contributed by atoms with Gasteiger partial charge in [-0.2, -0.15) is 8.42 Å². The Kier molecular flexibility index (Phi) is 8.00. The van der Waals surface area contributed by atoms with Crippen LogP contribution in [0.5, 0.6) is 0 Å². The molecule has 4 N–H and O–H groups in total. The lowest BCUT2D eigenvalue weighted by Gasteiger charge is -2.11. The quantitative estimate of drug-likeness (QED) is 0.291. The number of hydrogen-bond donors (Lipinski definition) is 3. The van der Waals surface area contributed by atoms with Gasteiger partial charge >= 0.3 is 5.97 Å². The molecule has 3 aromatic carbocycles. The Bertz CT molecular complexity index is 1300. The summed E-state index contributed by atoms with van der Waals surface area (Å²) in [5.74, 6) is -0.380. The highest BCUT2D eigenvalue weighted by atomic mass is 32.2. The number of nitrogens with two attached hydrogens (primary N) is 1. The number of aryl methyl sites for hydroxylation is 1. The smallest absolute Gasteiger partial charge is 0.323 e. The van der Waals surface area contributed by atoms with Crippen LogP contribution in [-0.2, 0) is 32.7 Å². The second-order valence-electron chi connectivity index (χ2n) is 7.55. The van der Waals surface area contributed by atoms with E-state index in [-0.39, 0.29) is 17.5 Å². The van der Waals surface area contributed by atoms with Gasteiger partial charge in [0.05, 0.1) is 4.90 Å². The van der Waals surface area contributed by atoms with Crippen molar-refractivity contribution in [1.82, 2.24) is 4.98 Å². The molecule has 172 valence electrons. The van der Waals surface area contributed by atoms with Crippen molar-refractivity contribution < 1.29 is 22.5 Å². The van der Waals surface area contributed by atoms with Gasteiger partial charge in [0.15, 0.2) is 0 Å². The third-order valence-corrected chi connectivity index (χ3v) is 5.83. The molecule has 0 bridgehead atoms. The molecule has 1 heterocycles. The van der Waals surface area contributed by atoms with E-state index >= 15 is 0 Å². The molecule has 0 amide bonds. The second kappa shape index (κ2) is 10.9. The SMILES string of the molecule is Cc1ccc(S(=O)(=O)O)cc1.N[C@@H](Cc1c[nH]c2ccccc12)C(=O)OCc1ccccc1. The average molecular weight is 467 g/mol. The van der Waals surface area contributed by atoms with Gasteiger partial charge in [-0.05, 0) is 36.2 Å². The first-order chi connectivity index (χ1) is 15.7. The average Bonchev–Trinajstić information content (AvgIpc) is 3.21. The standard InChI is InChI=1S/C18H18N2O2.C7H8O3S/c19-16(18(21)22-12-13-6-2-1-3-7-13)10-14-11-20-17-9-5-4-8-15(14)17;1-6-2-4-7(5-3-6)11(8,9)10/h1-9,11,16,20H,10,12,19H2;2-5H,1H3,(H,8,9,10)/t16-;/m0./s1. The number of para-hydroxylation sites is 1. The number of aromatic nitrogens is 1. The summed E-state index contributed by atoms with van der Waals surface area (Å²) < 4.78 is 34.8. The van der Waals surface area contributed by atoms with E-state index in [1.807, 2.05) is 67.7 Å². The maximum absolute atomic E-state index is 12.0. The zero-order chi connectivity index (χ0) is 23.8. The Morgan fingerprint density at radius 2 is 1.64 bits per heavy atom. The molecule has 0 spiro atoms. The predicted molar refractivity (Wildman–Crippen MR) is 127 cm³/mol. The number of nitrogens with one attached hydrogen (secondary N) is 1. The van der Waals surface area contributed by atoms with Crippen LogP contribution in [0.15, 0.2) is 90.0 Å². The van der Waals surface area contributed by atoms with Crippen LogP contribution >= 0.6 is 0 Å². The molecule has 0 aliphatic carbocycles. The second-order valence-corrected chi connectivity index (χ2v) is 8.97. The summed E-state index contributed by atoms with van der Waals surface area (Å²) in [6.45, 7) is 2.09. The molecule has 7 nitrogen and oxygen atoms in total. The minimum absolute atomic E-state index is 0.0666. The highest BCUT2D eigenvalue weighted by Crippen LogP contribution is 2.19. The number of ether oxygens (including phenoxy) is 1. The van der Waals surface area contributed by atoms with E-state index in [0.29, 0.717) is 6.42 Å². The number of hydrogen-bond acceptors (Lipinski definition) is 5. The number of H-pyrrole nitrogens is 1. The van der Waals surface area contributed by atoms with E-state index < -0.39 is 16.2 Å². The molecule has 0 unspecified atom stereocenters. The molecule has 0 aliphatic heterocycles. The van der Waals surface area contributed by atoms with Gasteiger partial charge in [-0.3, -0.25) is 9.35 Å². The van der Waals surface area contributed by atoms with Gasteiger partial charge in [0, 0.05) is 23.5 Å². The molecule has 33 heavy (non-hydrogen) atoms. The summed E-state index contributed by atoms with van der Waals surface area (Å²) in [5.41, 5.74) is 9.96. The molecule has 0 aliphatic rings. The number of benzene rings is 3. The number of esters is 1. The fourth-order valence-corrected chi connectivity index (χ4v) is 3.65. The molecule has 1 atom stereocenters. The Morgan fingerprint density at radius 3 is 2.30 bits per heavy atom. The van der Waals surface area contributed by atoms with E-state index in [2.05, 4.69) is 4.98 Å². The summed E-state index contributed by atoms with van der Waals surface area (Å²) in [4.78, 5) is 15.1. The van der Waals surface area contributed by atoms with Crippen LogP contribution in [0.1, 0.15) is 16.7 Å². The predicted octanol–water partition coefficient (Wildman–Crippen LogP) is 4.02. The van der Waals surface area contributed by atoms with Crippen LogP contribution in [-0.4, -0.2) is 30.0 Å². The van der Waals surface area contributed by atoms with Gasteiger partial charge in [-0.25, -0.2) is 0 Å². The molecular weight excluding hydrogens is 440 g/mol. The van der Waals surface area contributed by atoms with E-state index in [0.717, 1.165) is 27.6 Å². The Balaban J connectivity index is 0.000000235. The van der Waals surface area contributed by atoms with Gasteiger partial charge in [0.25, 0.3) is 10.1 Å². The Hall–Kier alpha value is -3.46. The maximum Gasteiger partial charge on any atom is 0.323 e. The highest BCUT2D eigenvalue weighted by molar-refractivity contribution is 7.85. The van der Waals surface area contributed by atoms with Crippen molar-refractivity contribution in [3.8, 4) is 0 Å². The maximum atomic E-state index is 12.0. The van der Waals surface area contributed by atoms with Crippen molar-refractivity contribution in [2.24, 2.45) is 5.73 Å². The molecule has 8 heteroatoms. The number of fused-ring (bicyclic) bond motifs is 1. The number of rotatable bonds is 6. The summed E-state index contributed by atoms with van der Waals surface area (Å²) >= 11 is 0. The normalized spacial score (nSPS) is 12.0. The molecule has 4 rings (SSSR count). The lowest BCUT2D eigenvalue weighted by molar-refractivity contribution is -0.146. The first-order valence-corrected chi connectivity index (χ1v) is 11.7. The van der Waals surface area contributed by atoms with Gasteiger partial charge in [0.2, 0.25) is 0 Å².